The normalized spacial score (nSPS) is 19.9. The lowest BCUT2D eigenvalue weighted by Crippen LogP contribution is -2.33. The van der Waals surface area contributed by atoms with E-state index < -0.39 is 0 Å². The first kappa shape index (κ1) is 11.3. The Hall–Kier alpha value is -1.75. The summed E-state index contributed by atoms with van der Waals surface area (Å²) in [5.41, 5.74) is 2.80. The number of allylic oxidation sites excluding steroid dienone is 1. The molecule has 2 nitrogen and oxygen atoms in total. The Morgan fingerprint density at radius 3 is 2.78 bits per heavy atom. The zero-order valence-corrected chi connectivity index (χ0v) is 10.7. The van der Waals surface area contributed by atoms with Gasteiger partial charge >= 0.3 is 0 Å². The molecule has 0 bridgehead atoms. The average Bonchev–Trinajstić information content (AvgIpc) is 2.85. The maximum Gasteiger partial charge on any atom is 0.129 e. The molecule has 1 saturated carbocycles. The smallest absolute Gasteiger partial charge is 0.129 e. The van der Waals surface area contributed by atoms with Gasteiger partial charge in [-0.25, -0.2) is 0 Å². The number of aryl methyl sites for hydroxylation is 1. The van der Waals surface area contributed by atoms with Gasteiger partial charge in [0.25, 0.3) is 0 Å². The van der Waals surface area contributed by atoms with E-state index in [-0.39, 0.29) is 5.60 Å². The molecule has 1 fully saturated rings. The Bertz CT molecular complexity index is 545. The second-order valence-electron chi connectivity index (χ2n) is 5.23. The molecule has 0 saturated heterocycles. The van der Waals surface area contributed by atoms with Gasteiger partial charge in [-0.05, 0) is 55.9 Å². The molecule has 0 radical (unpaired) electrons. The van der Waals surface area contributed by atoms with Gasteiger partial charge in [0.15, 0.2) is 0 Å². The molecule has 0 atom stereocenters. The molecule has 2 heteroatoms. The molecule has 1 aromatic rings. The van der Waals surface area contributed by atoms with Gasteiger partial charge in [0, 0.05) is 5.56 Å². The molecule has 92 valence electrons. The van der Waals surface area contributed by atoms with E-state index in [0.29, 0.717) is 0 Å². The minimum absolute atomic E-state index is 0.203. The van der Waals surface area contributed by atoms with Crippen LogP contribution >= 0.6 is 0 Å². The van der Waals surface area contributed by atoms with Gasteiger partial charge in [-0.3, -0.25) is 0 Å². The van der Waals surface area contributed by atoms with Crippen molar-refractivity contribution in [1.82, 2.24) is 0 Å². The van der Waals surface area contributed by atoms with Crippen molar-refractivity contribution in [2.75, 3.05) is 0 Å². The number of nitrogens with zero attached hydrogens (tertiary/aromatic N) is 1. The lowest BCUT2D eigenvalue weighted by molar-refractivity contribution is 0.124. The van der Waals surface area contributed by atoms with E-state index in [4.69, 9.17) is 4.74 Å². The summed E-state index contributed by atoms with van der Waals surface area (Å²) in [5.74, 6) is 0.883. The third kappa shape index (κ3) is 1.71. The predicted octanol–water partition coefficient (Wildman–Crippen LogP) is 3.86. The molecule has 3 rings (SSSR count). The monoisotopic (exact) mass is 239 g/mol. The highest BCUT2D eigenvalue weighted by Gasteiger charge is 2.38. The van der Waals surface area contributed by atoms with Gasteiger partial charge in [-0.2, -0.15) is 5.26 Å². The standard InChI is InChI=1S/C16H17NO/c1-2-12-5-6-15-14(9-12)13(11-17)10-16(18-15)7-3-4-8-16/h5-6,9-10H,2-4,7-8H2,1H3. The van der Waals surface area contributed by atoms with Crippen molar-refractivity contribution < 1.29 is 4.74 Å². The Balaban J connectivity index is 2.09. The maximum absolute atomic E-state index is 9.37. The molecule has 1 aliphatic heterocycles. The topological polar surface area (TPSA) is 33.0 Å². The lowest BCUT2D eigenvalue weighted by Gasteiger charge is -2.32. The fourth-order valence-corrected chi connectivity index (χ4v) is 3.00. The highest BCUT2D eigenvalue weighted by Crippen LogP contribution is 2.43. The number of hydrogen-bond acceptors (Lipinski definition) is 2. The molecular weight excluding hydrogens is 222 g/mol. The zero-order valence-electron chi connectivity index (χ0n) is 10.7. The largest absolute Gasteiger partial charge is 0.482 e. The quantitative estimate of drug-likeness (QED) is 0.745. The summed E-state index contributed by atoms with van der Waals surface area (Å²) in [5, 5.41) is 9.37. The van der Waals surface area contributed by atoms with Gasteiger partial charge in [-0.1, -0.05) is 13.0 Å². The van der Waals surface area contributed by atoms with E-state index in [2.05, 4.69) is 31.2 Å². The molecule has 1 heterocycles. The lowest BCUT2D eigenvalue weighted by atomic mass is 9.90. The zero-order chi connectivity index (χ0) is 12.6. The van der Waals surface area contributed by atoms with Gasteiger partial charge in [0.2, 0.25) is 0 Å². The molecule has 2 aliphatic rings. The summed E-state index contributed by atoms with van der Waals surface area (Å²) in [7, 11) is 0. The first-order chi connectivity index (χ1) is 8.76. The Morgan fingerprint density at radius 1 is 1.33 bits per heavy atom. The number of nitriles is 1. The number of hydrogen-bond donors (Lipinski definition) is 0. The van der Waals surface area contributed by atoms with E-state index in [9.17, 15) is 5.26 Å². The SMILES string of the molecule is CCc1ccc2c(c1)C(C#N)=CC1(CCCC1)O2. The third-order valence-corrected chi connectivity index (χ3v) is 4.03. The van der Waals surface area contributed by atoms with Gasteiger partial charge in [-0.15, -0.1) is 0 Å². The number of fused-ring (bicyclic) bond motifs is 1. The molecule has 18 heavy (non-hydrogen) atoms. The number of benzene rings is 1. The second-order valence-corrected chi connectivity index (χ2v) is 5.23. The summed E-state index contributed by atoms with van der Waals surface area (Å²) < 4.78 is 6.18. The van der Waals surface area contributed by atoms with Crippen LogP contribution < -0.4 is 4.74 Å². The summed E-state index contributed by atoms with van der Waals surface area (Å²) in [6.07, 6.45) is 7.49. The predicted molar refractivity (Wildman–Crippen MR) is 71.2 cm³/mol. The molecule has 0 amide bonds. The van der Waals surface area contributed by atoms with Crippen molar-refractivity contribution in [3.8, 4) is 11.8 Å². The van der Waals surface area contributed by atoms with Crippen LogP contribution in [0.15, 0.2) is 24.3 Å². The summed E-state index contributed by atoms with van der Waals surface area (Å²) >= 11 is 0. The molecule has 1 spiro atoms. The van der Waals surface area contributed by atoms with Crippen LogP contribution in [0.1, 0.15) is 43.7 Å². The van der Waals surface area contributed by atoms with Crippen molar-refractivity contribution in [3.05, 3.63) is 35.4 Å². The summed E-state index contributed by atoms with van der Waals surface area (Å²) in [6.45, 7) is 2.12. The molecule has 0 unspecified atom stereocenters. The number of ether oxygens (including phenoxy) is 1. The van der Waals surface area contributed by atoms with Crippen molar-refractivity contribution in [1.29, 1.82) is 5.26 Å². The van der Waals surface area contributed by atoms with E-state index >= 15 is 0 Å². The second kappa shape index (κ2) is 4.17. The van der Waals surface area contributed by atoms with Crippen LogP contribution in [0.5, 0.6) is 5.75 Å². The minimum atomic E-state index is -0.203. The fourth-order valence-electron chi connectivity index (χ4n) is 3.00. The van der Waals surface area contributed by atoms with Crippen LogP contribution in [0.2, 0.25) is 0 Å². The van der Waals surface area contributed by atoms with Gasteiger partial charge in [0.05, 0.1) is 11.6 Å². The molecule has 1 aromatic carbocycles. The minimum Gasteiger partial charge on any atom is -0.482 e. The van der Waals surface area contributed by atoms with E-state index in [1.165, 1.54) is 18.4 Å². The number of rotatable bonds is 1. The van der Waals surface area contributed by atoms with Crippen molar-refractivity contribution in [2.24, 2.45) is 0 Å². The van der Waals surface area contributed by atoms with Gasteiger partial charge in [0.1, 0.15) is 11.4 Å². The average molecular weight is 239 g/mol. The van der Waals surface area contributed by atoms with E-state index in [1.54, 1.807) is 0 Å². The van der Waals surface area contributed by atoms with Crippen molar-refractivity contribution in [3.63, 3.8) is 0 Å². The Labute approximate surface area is 108 Å². The summed E-state index contributed by atoms with van der Waals surface area (Å²) in [6, 6.07) is 8.56. The molecule has 0 aromatic heterocycles. The van der Waals surface area contributed by atoms with Crippen molar-refractivity contribution >= 4 is 5.57 Å². The molecule has 1 aliphatic carbocycles. The highest BCUT2D eigenvalue weighted by molar-refractivity contribution is 5.82. The van der Waals surface area contributed by atoms with Crippen LogP contribution in [-0.2, 0) is 6.42 Å². The first-order valence-corrected chi connectivity index (χ1v) is 6.72. The van der Waals surface area contributed by atoms with Crippen molar-refractivity contribution in [2.45, 2.75) is 44.6 Å². The molecular formula is C16H17NO. The van der Waals surface area contributed by atoms with Crippen LogP contribution in [0, 0.1) is 11.3 Å². The van der Waals surface area contributed by atoms with Gasteiger partial charge < -0.3 is 4.74 Å². The summed E-state index contributed by atoms with van der Waals surface area (Å²) in [4.78, 5) is 0. The van der Waals surface area contributed by atoms with Crippen LogP contribution in [-0.4, -0.2) is 5.60 Å². The van der Waals surface area contributed by atoms with E-state index in [0.717, 1.165) is 36.1 Å². The molecule has 0 N–H and O–H groups in total. The highest BCUT2D eigenvalue weighted by atomic mass is 16.5. The Morgan fingerprint density at radius 2 is 2.11 bits per heavy atom. The maximum atomic E-state index is 9.37. The van der Waals surface area contributed by atoms with Crippen LogP contribution in [0.3, 0.4) is 0 Å². The van der Waals surface area contributed by atoms with Crippen LogP contribution in [0.25, 0.3) is 5.57 Å². The van der Waals surface area contributed by atoms with Crippen LogP contribution in [0.4, 0.5) is 0 Å². The fraction of sp³-hybridized carbons (Fsp3) is 0.438. The third-order valence-electron chi connectivity index (χ3n) is 4.03. The van der Waals surface area contributed by atoms with E-state index in [1.807, 2.05) is 6.07 Å². The first-order valence-electron chi connectivity index (χ1n) is 6.72. The Kier molecular flexibility index (Phi) is 2.63.